The summed E-state index contributed by atoms with van der Waals surface area (Å²) in [7, 11) is 0. The number of nitrogens with two attached hydrogens (primary N) is 1. The van der Waals surface area contributed by atoms with Crippen LogP contribution < -0.4 is 15.6 Å². The molecular weight excluding hydrogens is 328 g/mol. The molecule has 0 aliphatic heterocycles. The van der Waals surface area contributed by atoms with Gasteiger partial charge in [-0.2, -0.15) is 10.2 Å². The van der Waals surface area contributed by atoms with Crippen molar-refractivity contribution in [2.75, 3.05) is 18.2 Å². The van der Waals surface area contributed by atoms with Crippen LogP contribution in [-0.2, 0) is 6.42 Å². The number of rotatable bonds is 8. The summed E-state index contributed by atoms with van der Waals surface area (Å²) < 4.78 is 11.3. The van der Waals surface area contributed by atoms with Gasteiger partial charge in [0.1, 0.15) is 17.9 Å². The van der Waals surface area contributed by atoms with E-state index in [1.165, 1.54) is 5.01 Å². The van der Waals surface area contributed by atoms with Crippen LogP contribution in [0.5, 0.6) is 5.75 Å². The van der Waals surface area contributed by atoms with Gasteiger partial charge in [0.05, 0.1) is 18.5 Å². The van der Waals surface area contributed by atoms with Crippen LogP contribution in [0, 0.1) is 17.2 Å². The molecule has 3 aromatic rings. The molecule has 0 saturated carbocycles. The normalized spacial score (nSPS) is 11.9. The predicted molar refractivity (Wildman–Crippen MR) is 101 cm³/mol. The Morgan fingerprint density at radius 3 is 2.69 bits per heavy atom. The molecule has 0 saturated heterocycles. The molecule has 2 N–H and O–H groups in total. The monoisotopic (exact) mass is 350 g/mol. The lowest BCUT2D eigenvalue weighted by Gasteiger charge is -2.14. The van der Waals surface area contributed by atoms with E-state index in [9.17, 15) is 0 Å². The molecule has 0 amide bonds. The van der Waals surface area contributed by atoms with Crippen LogP contribution in [0.25, 0.3) is 11.1 Å². The zero-order valence-corrected chi connectivity index (χ0v) is 14.8. The summed E-state index contributed by atoms with van der Waals surface area (Å²) in [6.07, 6.45) is 1.62. The number of hydrogen-bond donors (Lipinski definition) is 1. The lowest BCUT2D eigenvalue weighted by molar-refractivity contribution is 0.321. The Morgan fingerprint density at radius 1 is 1.23 bits per heavy atom. The van der Waals surface area contributed by atoms with Gasteiger partial charge in [0.2, 0.25) is 0 Å². The highest BCUT2D eigenvalue weighted by atomic mass is 16.5. The number of anilines is 1. The van der Waals surface area contributed by atoms with E-state index >= 15 is 0 Å². The average Bonchev–Trinajstić information content (AvgIpc) is 3.11. The Labute approximate surface area is 152 Å². The summed E-state index contributed by atoms with van der Waals surface area (Å²) in [4.78, 5) is 4.35. The molecule has 0 fully saturated rings. The van der Waals surface area contributed by atoms with E-state index in [1.807, 2.05) is 55.5 Å². The van der Waals surface area contributed by atoms with Gasteiger partial charge in [-0.05, 0) is 42.7 Å². The molecule has 2 aromatic carbocycles. The van der Waals surface area contributed by atoms with Gasteiger partial charge in [0, 0.05) is 0 Å². The first kappa shape index (κ1) is 17.8. The molecule has 0 bridgehead atoms. The Bertz CT molecular complexity index is 850. The maximum atomic E-state index is 9.05. The molecule has 3 rings (SSSR count). The van der Waals surface area contributed by atoms with E-state index in [1.54, 1.807) is 0 Å². The first-order valence-corrected chi connectivity index (χ1v) is 8.68. The van der Waals surface area contributed by atoms with Crippen molar-refractivity contribution in [3.05, 3.63) is 54.1 Å². The highest BCUT2D eigenvalue weighted by Crippen LogP contribution is 2.20. The van der Waals surface area contributed by atoms with Gasteiger partial charge < -0.3 is 9.15 Å². The maximum Gasteiger partial charge on any atom is 0.313 e. The molecule has 1 unspecified atom stereocenters. The van der Waals surface area contributed by atoms with Crippen molar-refractivity contribution in [2.45, 2.75) is 19.8 Å². The van der Waals surface area contributed by atoms with Gasteiger partial charge in [0.25, 0.3) is 0 Å². The number of ether oxygens (including phenoxy) is 1. The number of hydrazine groups is 1. The fourth-order valence-electron chi connectivity index (χ4n) is 2.63. The molecular formula is C20H22N4O2. The molecule has 0 radical (unpaired) electrons. The highest BCUT2D eigenvalue weighted by molar-refractivity contribution is 5.74. The number of nitrogens with zero attached hydrogens (tertiary/aromatic N) is 3. The van der Waals surface area contributed by atoms with Crippen LogP contribution in [-0.4, -0.2) is 18.1 Å². The number of hydrogen-bond acceptors (Lipinski definition) is 6. The third kappa shape index (κ3) is 4.32. The van der Waals surface area contributed by atoms with Crippen molar-refractivity contribution in [1.29, 1.82) is 5.26 Å². The Morgan fingerprint density at radius 2 is 2.00 bits per heavy atom. The SMILES string of the molecule is CCC(C#N)Cc1ccc(OCCN(N)c2nc3ccccc3o2)cc1. The first-order chi connectivity index (χ1) is 12.7. The standard InChI is InChI=1S/C20H22N4O2/c1-2-15(14-21)13-16-7-9-17(10-8-16)25-12-11-24(22)20-23-18-5-3-4-6-19(18)26-20/h3-10,15H,2,11-13,22H2,1H3. The van der Waals surface area contributed by atoms with Crippen molar-refractivity contribution >= 4 is 17.1 Å². The summed E-state index contributed by atoms with van der Waals surface area (Å²) in [6.45, 7) is 2.88. The van der Waals surface area contributed by atoms with Crippen LogP contribution in [0.2, 0.25) is 0 Å². The minimum atomic E-state index is 0.0591. The number of fused-ring (bicyclic) bond motifs is 1. The molecule has 1 aromatic heterocycles. The second kappa shape index (κ2) is 8.37. The number of benzene rings is 2. The molecule has 26 heavy (non-hydrogen) atoms. The molecule has 0 aliphatic rings. The molecule has 1 heterocycles. The summed E-state index contributed by atoms with van der Waals surface area (Å²) >= 11 is 0. The molecule has 0 aliphatic carbocycles. The average molecular weight is 350 g/mol. The number of aromatic nitrogens is 1. The third-order valence-corrected chi connectivity index (χ3v) is 4.21. The van der Waals surface area contributed by atoms with E-state index in [2.05, 4.69) is 11.1 Å². The summed E-state index contributed by atoms with van der Waals surface area (Å²) in [5, 5.41) is 10.5. The largest absolute Gasteiger partial charge is 0.492 e. The van der Waals surface area contributed by atoms with Crippen LogP contribution >= 0.6 is 0 Å². The van der Waals surface area contributed by atoms with Gasteiger partial charge in [-0.1, -0.05) is 31.2 Å². The lowest BCUT2D eigenvalue weighted by atomic mass is 9.98. The number of para-hydroxylation sites is 2. The second-order valence-electron chi connectivity index (χ2n) is 6.09. The number of nitriles is 1. The zero-order chi connectivity index (χ0) is 18.4. The fraction of sp³-hybridized carbons (Fsp3) is 0.300. The predicted octanol–water partition coefficient (Wildman–Crippen LogP) is 3.68. The smallest absolute Gasteiger partial charge is 0.313 e. The summed E-state index contributed by atoms with van der Waals surface area (Å²) in [5.74, 6) is 6.83. The molecule has 0 spiro atoms. The Balaban J connectivity index is 1.50. The minimum absolute atomic E-state index is 0.0591. The van der Waals surface area contributed by atoms with Crippen LogP contribution in [0.1, 0.15) is 18.9 Å². The number of oxazole rings is 1. The molecule has 1 atom stereocenters. The molecule has 6 heteroatoms. The third-order valence-electron chi connectivity index (χ3n) is 4.21. The van der Waals surface area contributed by atoms with Crippen LogP contribution in [0.4, 0.5) is 6.01 Å². The van der Waals surface area contributed by atoms with Gasteiger partial charge in [-0.3, -0.25) is 5.01 Å². The van der Waals surface area contributed by atoms with E-state index in [0.717, 1.165) is 29.7 Å². The Kier molecular flexibility index (Phi) is 5.72. The minimum Gasteiger partial charge on any atom is -0.492 e. The lowest BCUT2D eigenvalue weighted by Crippen LogP contribution is -2.35. The van der Waals surface area contributed by atoms with Gasteiger partial charge in [-0.25, -0.2) is 5.84 Å². The van der Waals surface area contributed by atoms with Crippen molar-refractivity contribution in [1.82, 2.24) is 4.98 Å². The topological polar surface area (TPSA) is 88.3 Å². The quantitative estimate of drug-likeness (QED) is 0.492. The maximum absolute atomic E-state index is 9.05. The van der Waals surface area contributed by atoms with E-state index < -0.39 is 0 Å². The summed E-state index contributed by atoms with van der Waals surface area (Å²) in [6, 6.07) is 18.0. The molecule has 134 valence electrons. The van der Waals surface area contributed by atoms with Gasteiger partial charge >= 0.3 is 6.01 Å². The van der Waals surface area contributed by atoms with Crippen molar-refractivity contribution < 1.29 is 9.15 Å². The highest BCUT2D eigenvalue weighted by Gasteiger charge is 2.11. The van der Waals surface area contributed by atoms with Gasteiger partial charge in [-0.15, -0.1) is 0 Å². The van der Waals surface area contributed by atoms with E-state index in [4.69, 9.17) is 20.3 Å². The van der Waals surface area contributed by atoms with E-state index in [0.29, 0.717) is 24.7 Å². The zero-order valence-electron chi connectivity index (χ0n) is 14.8. The van der Waals surface area contributed by atoms with E-state index in [-0.39, 0.29) is 5.92 Å². The van der Waals surface area contributed by atoms with Crippen LogP contribution in [0.3, 0.4) is 0 Å². The fourth-order valence-corrected chi connectivity index (χ4v) is 2.63. The van der Waals surface area contributed by atoms with Crippen molar-refractivity contribution in [2.24, 2.45) is 11.8 Å². The molecule has 6 nitrogen and oxygen atoms in total. The first-order valence-electron chi connectivity index (χ1n) is 8.68. The second-order valence-corrected chi connectivity index (χ2v) is 6.09. The van der Waals surface area contributed by atoms with Gasteiger partial charge in [0.15, 0.2) is 5.58 Å². The van der Waals surface area contributed by atoms with Crippen molar-refractivity contribution in [3.63, 3.8) is 0 Å². The summed E-state index contributed by atoms with van der Waals surface area (Å²) in [5.41, 5.74) is 2.62. The van der Waals surface area contributed by atoms with Crippen LogP contribution in [0.15, 0.2) is 52.9 Å². The van der Waals surface area contributed by atoms with Crippen molar-refractivity contribution in [3.8, 4) is 11.8 Å². The Hall–Kier alpha value is -3.04.